The molecule has 0 spiro atoms. The fraction of sp³-hybridized carbons (Fsp3) is 0.0952. The number of amides is 1. The Morgan fingerprint density at radius 2 is 1.84 bits per heavy atom. The number of thiazole rings is 1. The second kappa shape index (κ2) is 8.05. The van der Waals surface area contributed by atoms with Crippen LogP contribution in [0.25, 0.3) is 21.5 Å². The molecule has 0 saturated heterocycles. The Morgan fingerprint density at radius 3 is 2.52 bits per heavy atom. The van der Waals surface area contributed by atoms with Gasteiger partial charge in [-0.05, 0) is 48.5 Å². The lowest BCUT2D eigenvalue weighted by Crippen LogP contribution is -2.05. The summed E-state index contributed by atoms with van der Waals surface area (Å²) in [4.78, 5) is 19.7. The minimum Gasteiger partial charge on any atom is -0.497 e. The number of sulfone groups is 1. The average Bonchev–Trinajstić information content (AvgIpc) is 3.16. The van der Waals surface area contributed by atoms with Crippen LogP contribution >= 0.6 is 11.3 Å². The quantitative estimate of drug-likeness (QED) is 0.480. The summed E-state index contributed by atoms with van der Waals surface area (Å²) in [6.07, 6.45) is 0. The number of fused-ring (bicyclic) bond motifs is 1. The Kier molecular flexibility index (Phi) is 5.42. The van der Waals surface area contributed by atoms with Crippen molar-refractivity contribution in [1.29, 1.82) is 0 Å². The largest absolute Gasteiger partial charge is 0.497 e. The maximum absolute atomic E-state index is 14.6. The maximum Gasteiger partial charge on any atom is 0.223 e. The molecule has 1 amide bonds. The first-order valence-corrected chi connectivity index (χ1v) is 11.3. The fourth-order valence-corrected chi connectivity index (χ4v) is 5.12. The molecule has 0 aliphatic rings. The Bertz CT molecular complexity index is 1400. The number of ether oxygens (including phenoxy) is 1. The summed E-state index contributed by atoms with van der Waals surface area (Å²) in [6.45, 7) is 1.34. The normalized spacial score (nSPS) is 11.5. The predicted molar refractivity (Wildman–Crippen MR) is 116 cm³/mol. The molecular formula is C21H16FN3O4S2. The molecule has 158 valence electrons. The third-order valence-electron chi connectivity index (χ3n) is 4.40. The number of rotatable bonds is 5. The molecule has 4 rings (SSSR count). The molecule has 0 atom stereocenters. The summed E-state index contributed by atoms with van der Waals surface area (Å²) >= 11 is 1.12. The Balaban J connectivity index is 1.75. The Labute approximate surface area is 181 Å². The van der Waals surface area contributed by atoms with Crippen molar-refractivity contribution in [3.63, 3.8) is 0 Å². The van der Waals surface area contributed by atoms with Crippen LogP contribution in [0.5, 0.6) is 5.75 Å². The number of carbonyl (C=O) groups is 1. The third-order valence-corrected chi connectivity index (χ3v) is 6.98. The molecule has 2 aromatic carbocycles. The highest BCUT2D eigenvalue weighted by Gasteiger charge is 2.20. The average molecular weight is 458 g/mol. The van der Waals surface area contributed by atoms with Gasteiger partial charge >= 0.3 is 0 Å². The van der Waals surface area contributed by atoms with E-state index in [9.17, 15) is 17.6 Å². The summed E-state index contributed by atoms with van der Waals surface area (Å²) in [7, 11) is -2.38. The van der Waals surface area contributed by atoms with Crippen LogP contribution in [0.4, 0.5) is 9.52 Å². The number of benzene rings is 2. The van der Waals surface area contributed by atoms with Crippen LogP contribution in [0, 0.1) is 5.82 Å². The molecule has 0 saturated carbocycles. The van der Waals surface area contributed by atoms with Gasteiger partial charge in [-0.15, -0.1) is 0 Å². The van der Waals surface area contributed by atoms with Gasteiger partial charge in [-0.25, -0.2) is 22.8 Å². The van der Waals surface area contributed by atoms with Crippen molar-refractivity contribution in [3.8, 4) is 17.0 Å². The summed E-state index contributed by atoms with van der Waals surface area (Å²) < 4.78 is 46.1. The standard InChI is InChI=1S/C21H16FN3O4S2/c1-12(26)23-21-25-20-16(22)10-13(11-18(20)30-21)17-4-3-5-19(24-17)31(27,28)15-8-6-14(29-2)7-9-15/h3-11H,1-2H3,(H,23,25,26). The van der Waals surface area contributed by atoms with E-state index in [-0.39, 0.29) is 26.5 Å². The molecule has 2 heterocycles. The van der Waals surface area contributed by atoms with Gasteiger partial charge in [0.15, 0.2) is 16.0 Å². The monoisotopic (exact) mass is 457 g/mol. The lowest BCUT2D eigenvalue weighted by atomic mass is 10.1. The first-order valence-electron chi connectivity index (χ1n) is 9.02. The molecule has 1 N–H and O–H groups in total. The Morgan fingerprint density at radius 1 is 1.10 bits per heavy atom. The molecule has 0 aliphatic heterocycles. The number of nitrogens with one attached hydrogen (secondary N) is 1. The van der Waals surface area contributed by atoms with E-state index in [1.807, 2.05) is 0 Å². The molecule has 31 heavy (non-hydrogen) atoms. The van der Waals surface area contributed by atoms with E-state index in [0.717, 1.165) is 11.3 Å². The molecule has 2 aromatic heterocycles. The third kappa shape index (κ3) is 4.12. The second-order valence-corrected chi connectivity index (χ2v) is 9.47. The van der Waals surface area contributed by atoms with Gasteiger partial charge in [-0.3, -0.25) is 4.79 Å². The number of methoxy groups -OCH3 is 1. The zero-order valence-electron chi connectivity index (χ0n) is 16.4. The van der Waals surface area contributed by atoms with Crippen molar-refractivity contribution >= 4 is 42.4 Å². The van der Waals surface area contributed by atoms with Crippen LogP contribution in [0.2, 0.25) is 0 Å². The highest BCUT2D eigenvalue weighted by molar-refractivity contribution is 7.91. The summed E-state index contributed by atoms with van der Waals surface area (Å²) in [6, 6.07) is 13.4. The van der Waals surface area contributed by atoms with Crippen LogP contribution in [0.1, 0.15) is 6.92 Å². The van der Waals surface area contributed by atoms with Gasteiger partial charge < -0.3 is 10.1 Å². The highest BCUT2D eigenvalue weighted by atomic mass is 32.2. The lowest BCUT2D eigenvalue weighted by Gasteiger charge is -2.08. The van der Waals surface area contributed by atoms with E-state index < -0.39 is 15.7 Å². The molecule has 10 heteroatoms. The van der Waals surface area contributed by atoms with Crippen molar-refractivity contribution in [3.05, 3.63) is 60.4 Å². The van der Waals surface area contributed by atoms with Crippen LogP contribution in [0.3, 0.4) is 0 Å². The zero-order chi connectivity index (χ0) is 22.2. The number of anilines is 1. The molecule has 0 aliphatic carbocycles. The van der Waals surface area contributed by atoms with Gasteiger partial charge in [-0.1, -0.05) is 17.4 Å². The predicted octanol–water partition coefficient (Wildman–Crippen LogP) is 4.30. The van der Waals surface area contributed by atoms with Crippen LogP contribution in [-0.2, 0) is 14.6 Å². The Hall–Kier alpha value is -3.37. The molecule has 0 bridgehead atoms. The van der Waals surface area contributed by atoms with Gasteiger partial charge in [-0.2, -0.15) is 0 Å². The van der Waals surface area contributed by atoms with E-state index in [0.29, 0.717) is 21.7 Å². The molecular weight excluding hydrogens is 441 g/mol. The number of carbonyl (C=O) groups excluding carboxylic acids is 1. The maximum atomic E-state index is 14.6. The summed E-state index contributed by atoms with van der Waals surface area (Å²) in [5.74, 6) is -0.365. The van der Waals surface area contributed by atoms with Crippen molar-refractivity contribution < 1.29 is 22.3 Å². The van der Waals surface area contributed by atoms with Crippen molar-refractivity contribution in [1.82, 2.24) is 9.97 Å². The molecule has 0 radical (unpaired) electrons. The lowest BCUT2D eigenvalue weighted by molar-refractivity contribution is -0.114. The van der Waals surface area contributed by atoms with Gasteiger partial charge in [0.1, 0.15) is 11.3 Å². The molecule has 0 unspecified atom stereocenters. The van der Waals surface area contributed by atoms with Crippen molar-refractivity contribution in [2.24, 2.45) is 0 Å². The number of nitrogens with zero attached hydrogens (tertiary/aromatic N) is 2. The molecule has 0 fully saturated rings. The van der Waals surface area contributed by atoms with Gasteiger partial charge in [0.05, 0.1) is 22.4 Å². The first kappa shape index (κ1) is 20.9. The first-order chi connectivity index (χ1) is 14.8. The molecule has 7 nitrogen and oxygen atoms in total. The van der Waals surface area contributed by atoms with Crippen LogP contribution in [-0.4, -0.2) is 31.4 Å². The van der Waals surface area contributed by atoms with Crippen LogP contribution < -0.4 is 10.1 Å². The van der Waals surface area contributed by atoms with Gasteiger partial charge in [0, 0.05) is 12.5 Å². The van der Waals surface area contributed by atoms with E-state index in [1.165, 1.54) is 38.3 Å². The summed E-state index contributed by atoms with van der Waals surface area (Å²) in [5, 5.41) is 2.66. The van der Waals surface area contributed by atoms with Gasteiger partial charge in [0.25, 0.3) is 0 Å². The number of hydrogen-bond acceptors (Lipinski definition) is 7. The topological polar surface area (TPSA) is 98.3 Å². The van der Waals surface area contributed by atoms with Crippen molar-refractivity contribution in [2.45, 2.75) is 16.8 Å². The number of pyridine rings is 1. The van der Waals surface area contributed by atoms with E-state index in [2.05, 4.69) is 15.3 Å². The molecule has 4 aromatic rings. The highest BCUT2D eigenvalue weighted by Crippen LogP contribution is 2.33. The SMILES string of the molecule is COc1ccc(S(=O)(=O)c2cccc(-c3cc(F)c4nc(NC(C)=O)sc4c3)n2)cc1. The van der Waals surface area contributed by atoms with Gasteiger partial charge in [0.2, 0.25) is 15.7 Å². The van der Waals surface area contributed by atoms with Crippen LogP contribution in [0.15, 0.2) is 64.5 Å². The number of halogens is 1. The van der Waals surface area contributed by atoms with Crippen molar-refractivity contribution in [2.75, 3.05) is 12.4 Å². The zero-order valence-corrected chi connectivity index (χ0v) is 18.1. The smallest absolute Gasteiger partial charge is 0.223 e. The number of aromatic nitrogens is 2. The summed E-state index contributed by atoms with van der Waals surface area (Å²) in [5.41, 5.74) is 0.819. The fourth-order valence-electron chi connectivity index (χ4n) is 2.94. The minimum absolute atomic E-state index is 0.0713. The van der Waals surface area contributed by atoms with E-state index >= 15 is 0 Å². The van der Waals surface area contributed by atoms with E-state index in [1.54, 1.807) is 30.3 Å². The second-order valence-electron chi connectivity index (χ2n) is 6.55. The van der Waals surface area contributed by atoms with E-state index in [4.69, 9.17) is 4.74 Å². The number of hydrogen-bond donors (Lipinski definition) is 1. The minimum atomic E-state index is -3.87.